The van der Waals surface area contributed by atoms with Crippen molar-refractivity contribution >= 4 is 45.1 Å². The first-order chi connectivity index (χ1) is 10.8. The van der Waals surface area contributed by atoms with Gasteiger partial charge in [-0.1, -0.05) is 24.3 Å². The summed E-state index contributed by atoms with van der Waals surface area (Å²) in [7, 11) is -0.243. The topological polar surface area (TPSA) is 86.7 Å². The van der Waals surface area contributed by atoms with E-state index in [-0.39, 0.29) is 10.6 Å². The summed E-state index contributed by atoms with van der Waals surface area (Å²) in [6.45, 7) is 0. The minimum absolute atomic E-state index is 0.0479. The zero-order valence-corrected chi connectivity index (χ0v) is 14.4. The van der Waals surface area contributed by atoms with Gasteiger partial charge >= 0.3 is 5.97 Å². The molecule has 1 unspecified atom stereocenters. The van der Waals surface area contributed by atoms with E-state index in [4.69, 9.17) is 5.11 Å². The lowest BCUT2D eigenvalue weighted by Crippen LogP contribution is -2.42. The van der Waals surface area contributed by atoms with Crippen molar-refractivity contribution in [3.63, 3.8) is 0 Å². The Balaban J connectivity index is 2.59. The van der Waals surface area contributed by atoms with E-state index in [1.165, 1.54) is 6.07 Å². The van der Waals surface area contributed by atoms with Gasteiger partial charge < -0.3 is 10.0 Å². The summed E-state index contributed by atoms with van der Waals surface area (Å²) < 4.78 is 27.3. The average molecular weight is 354 g/mol. The van der Waals surface area contributed by atoms with Crippen LogP contribution in [0.5, 0.6) is 0 Å². The second kappa shape index (κ2) is 6.77. The summed E-state index contributed by atoms with van der Waals surface area (Å²) in [5.74, 6) is -1.40. The number of benzene rings is 2. The first kappa shape index (κ1) is 17.6. The van der Waals surface area contributed by atoms with Crippen LogP contribution in [0.25, 0.3) is 10.8 Å². The minimum Gasteiger partial charge on any atom is -0.480 e. The van der Waals surface area contributed by atoms with Crippen LogP contribution in [0, 0.1) is 0 Å². The van der Waals surface area contributed by atoms with Crippen molar-refractivity contribution in [2.75, 3.05) is 24.7 Å². The average Bonchev–Trinajstić information content (AvgIpc) is 2.50. The molecular weight excluding hydrogens is 336 g/mol. The highest BCUT2D eigenvalue weighted by molar-refractivity contribution is 7.89. The number of fused-ring (bicyclic) bond motifs is 1. The number of aliphatic carboxylic acids is 1. The van der Waals surface area contributed by atoms with E-state index < -0.39 is 22.0 Å². The number of anilines is 1. The molecule has 0 bridgehead atoms. The number of nitrogens with one attached hydrogen (secondary N) is 1. The van der Waals surface area contributed by atoms with Crippen LogP contribution in [0.4, 0.5) is 5.69 Å². The van der Waals surface area contributed by atoms with Crippen molar-refractivity contribution in [2.24, 2.45) is 0 Å². The maximum absolute atomic E-state index is 12.6. The number of rotatable bonds is 6. The SMILES string of the molecule is CN(C)c1cccc2c(S(=O)(=O)NC(CS)C(=O)O)cccc12. The molecule has 23 heavy (non-hydrogen) atoms. The summed E-state index contributed by atoms with van der Waals surface area (Å²) in [4.78, 5) is 13.0. The van der Waals surface area contributed by atoms with Gasteiger partial charge in [-0.25, -0.2) is 8.42 Å². The third kappa shape index (κ3) is 3.60. The van der Waals surface area contributed by atoms with Crippen molar-refractivity contribution < 1.29 is 18.3 Å². The van der Waals surface area contributed by atoms with Crippen LogP contribution in [0.15, 0.2) is 41.3 Å². The normalized spacial score (nSPS) is 13.0. The molecule has 0 heterocycles. The molecule has 0 fully saturated rings. The van der Waals surface area contributed by atoms with Crippen LogP contribution in [-0.4, -0.2) is 45.4 Å². The Labute approximate surface area is 140 Å². The van der Waals surface area contributed by atoms with Crippen molar-refractivity contribution in [3.8, 4) is 0 Å². The zero-order valence-electron chi connectivity index (χ0n) is 12.7. The zero-order chi connectivity index (χ0) is 17.2. The molecule has 0 aliphatic rings. The first-order valence-corrected chi connectivity index (χ1v) is 8.94. The molecular formula is C15H18N2O4S2. The van der Waals surface area contributed by atoms with Crippen LogP contribution in [0.1, 0.15) is 0 Å². The van der Waals surface area contributed by atoms with Gasteiger partial charge in [0.1, 0.15) is 6.04 Å². The second-order valence-corrected chi connectivity index (χ2v) is 7.27. The molecule has 0 amide bonds. The molecule has 8 heteroatoms. The number of carbonyl (C=O) groups is 1. The van der Waals surface area contributed by atoms with Crippen LogP contribution in [-0.2, 0) is 14.8 Å². The quantitative estimate of drug-likeness (QED) is 0.686. The number of hydrogen-bond donors (Lipinski definition) is 3. The molecule has 0 radical (unpaired) electrons. The summed E-state index contributed by atoms with van der Waals surface area (Å²) in [6, 6.07) is 9.01. The Morgan fingerprint density at radius 1 is 1.22 bits per heavy atom. The first-order valence-electron chi connectivity index (χ1n) is 6.83. The fourth-order valence-electron chi connectivity index (χ4n) is 2.31. The summed E-state index contributed by atoms with van der Waals surface area (Å²) >= 11 is 3.88. The molecule has 0 aromatic heterocycles. The molecule has 0 aliphatic carbocycles. The van der Waals surface area contributed by atoms with E-state index in [9.17, 15) is 13.2 Å². The van der Waals surface area contributed by atoms with Gasteiger partial charge in [0.15, 0.2) is 0 Å². The minimum atomic E-state index is -3.98. The molecule has 2 rings (SSSR count). The van der Waals surface area contributed by atoms with Crippen LogP contribution >= 0.6 is 12.6 Å². The van der Waals surface area contributed by atoms with Gasteiger partial charge in [0.25, 0.3) is 0 Å². The van der Waals surface area contributed by atoms with Crippen molar-refractivity contribution in [1.82, 2.24) is 4.72 Å². The van der Waals surface area contributed by atoms with Crippen LogP contribution < -0.4 is 9.62 Å². The van der Waals surface area contributed by atoms with E-state index in [1.807, 2.05) is 31.1 Å². The standard InChI is InChI=1S/C15H18N2O4S2/c1-17(2)13-7-3-6-11-10(13)5-4-8-14(11)23(20,21)16-12(9-22)15(18)19/h3-8,12,16,22H,9H2,1-2H3,(H,18,19). The predicted molar refractivity (Wildman–Crippen MR) is 93.9 cm³/mol. The third-order valence-corrected chi connectivity index (χ3v) is 5.30. The monoisotopic (exact) mass is 354 g/mol. The number of hydrogen-bond acceptors (Lipinski definition) is 5. The smallest absolute Gasteiger partial charge is 0.322 e. The fraction of sp³-hybridized carbons (Fsp3) is 0.267. The van der Waals surface area contributed by atoms with E-state index in [2.05, 4.69) is 17.4 Å². The highest BCUT2D eigenvalue weighted by Gasteiger charge is 2.25. The van der Waals surface area contributed by atoms with Gasteiger partial charge in [-0.3, -0.25) is 4.79 Å². The van der Waals surface area contributed by atoms with Gasteiger partial charge in [-0.05, 0) is 12.1 Å². The summed E-state index contributed by atoms with van der Waals surface area (Å²) in [6.07, 6.45) is 0. The number of thiol groups is 1. The maximum Gasteiger partial charge on any atom is 0.322 e. The van der Waals surface area contributed by atoms with E-state index >= 15 is 0 Å². The summed E-state index contributed by atoms with van der Waals surface area (Å²) in [5.41, 5.74) is 0.878. The highest BCUT2D eigenvalue weighted by Crippen LogP contribution is 2.30. The van der Waals surface area contributed by atoms with Gasteiger partial charge in [-0.2, -0.15) is 17.4 Å². The van der Waals surface area contributed by atoms with Gasteiger partial charge in [0.2, 0.25) is 10.0 Å². The van der Waals surface area contributed by atoms with Gasteiger partial charge in [0.05, 0.1) is 4.90 Å². The fourth-order valence-corrected chi connectivity index (χ4v) is 4.09. The molecule has 124 valence electrons. The van der Waals surface area contributed by atoms with E-state index in [1.54, 1.807) is 18.2 Å². The Kier molecular flexibility index (Phi) is 5.18. The molecule has 0 saturated heterocycles. The van der Waals surface area contributed by atoms with E-state index in [0.717, 1.165) is 11.1 Å². The van der Waals surface area contributed by atoms with E-state index in [0.29, 0.717) is 5.39 Å². The Hall–Kier alpha value is -1.77. The lowest BCUT2D eigenvalue weighted by molar-refractivity contribution is -0.138. The number of nitrogens with zero attached hydrogens (tertiary/aromatic N) is 1. The largest absolute Gasteiger partial charge is 0.480 e. The van der Waals surface area contributed by atoms with Crippen molar-refractivity contribution in [2.45, 2.75) is 10.9 Å². The number of sulfonamides is 1. The molecule has 2 N–H and O–H groups in total. The summed E-state index contributed by atoms with van der Waals surface area (Å²) in [5, 5.41) is 10.3. The number of carboxylic acid groups (broad SMARTS) is 1. The molecule has 1 atom stereocenters. The maximum atomic E-state index is 12.6. The second-order valence-electron chi connectivity index (χ2n) is 5.22. The molecule has 6 nitrogen and oxygen atoms in total. The molecule has 0 aliphatic heterocycles. The Bertz CT molecular complexity index is 834. The molecule has 2 aromatic rings. The van der Waals surface area contributed by atoms with Gasteiger partial charge in [0, 0.05) is 36.3 Å². The van der Waals surface area contributed by atoms with Crippen LogP contribution in [0.3, 0.4) is 0 Å². The number of carboxylic acids is 1. The van der Waals surface area contributed by atoms with Crippen molar-refractivity contribution in [1.29, 1.82) is 0 Å². The lowest BCUT2D eigenvalue weighted by Gasteiger charge is -2.18. The Morgan fingerprint density at radius 2 is 1.83 bits per heavy atom. The molecule has 2 aromatic carbocycles. The Morgan fingerprint density at radius 3 is 2.39 bits per heavy atom. The molecule has 0 spiro atoms. The van der Waals surface area contributed by atoms with Crippen molar-refractivity contribution in [3.05, 3.63) is 36.4 Å². The third-order valence-electron chi connectivity index (χ3n) is 3.41. The lowest BCUT2D eigenvalue weighted by atomic mass is 10.1. The predicted octanol–water partition coefficient (Wildman–Crippen LogP) is 1.57. The molecule has 0 saturated carbocycles. The van der Waals surface area contributed by atoms with Gasteiger partial charge in [-0.15, -0.1) is 0 Å². The van der Waals surface area contributed by atoms with Crippen LogP contribution in [0.2, 0.25) is 0 Å². The highest BCUT2D eigenvalue weighted by atomic mass is 32.2.